The Bertz CT molecular complexity index is 722. The van der Waals surface area contributed by atoms with E-state index < -0.39 is 18.0 Å². The van der Waals surface area contributed by atoms with Gasteiger partial charge in [-0.1, -0.05) is 0 Å². The Labute approximate surface area is 142 Å². The molecule has 0 aliphatic carbocycles. The van der Waals surface area contributed by atoms with Gasteiger partial charge < -0.3 is 14.5 Å². The zero-order valence-electron chi connectivity index (χ0n) is 14.0. The van der Waals surface area contributed by atoms with Crippen LogP contribution in [0.15, 0.2) is 12.1 Å². The number of halogens is 3. The van der Waals surface area contributed by atoms with Crippen molar-refractivity contribution >= 4 is 11.8 Å². The molecule has 0 spiro atoms. The Morgan fingerprint density at radius 1 is 1.32 bits per heavy atom. The van der Waals surface area contributed by atoms with Crippen LogP contribution in [0.4, 0.5) is 13.2 Å². The summed E-state index contributed by atoms with van der Waals surface area (Å²) in [7, 11) is 3.12. The Morgan fingerprint density at radius 2 is 2.00 bits per heavy atom. The minimum atomic E-state index is -4.55. The summed E-state index contributed by atoms with van der Waals surface area (Å²) in [5, 5.41) is 0. The highest BCUT2D eigenvalue weighted by Gasteiger charge is 2.52. The Balaban J connectivity index is 1.81. The van der Waals surface area contributed by atoms with Crippen molar-refractivity contribution < 1.29 is 27.5 Å². The first-order chi connectivity index (χ1) is 11.6. The number of aryl methyl sites for hydroxylation is 1. The minimum Gasteiger partial charge on any atom is -0.371 e. The monoisotopic (exact) mass is 357 g/mol. The van der Waals surface area contributed by atoms with Gasteiger partial charge in [-0.15, -0.1) is 0 Å². The molecule has 3 atom stereocenters. The standard InChI is InChI=1S/C16H18F3N3O3/c1-8-9(4-5-12(20-8)16(17,18)19)14(23)22-6-10-11(7-22)21(2)15(24)13(10)25-3/h4-5,10-11,13H,6-7H2,1-3H3/t10-,11+,13-/m0/s1. The summed E-state index contributed by atoms with van der Waals surface area (Å²) in [6.07, 6.45) is -5.15. The second-order valence-electron chi connectivity index (χ2n) is 6.37. The second-order valence-corrected chi connectivity index (χ2v) is 6.37. The van der Waals surface area contributed by atoms with Crippen molar-refractivity contribution in [3.05, 3.63) is 29.1 Å². The molecule has 0 unspecified atom stereocenters. The van der Waals surface area contributed by atoms with E-state index in [1.54, 1.807) is 16.8 Å². The molecule has 2 aliphatic rings. The summed E-state index contributed by atoms with van der Waals surface area (Å²) >= 11 is 0. The van der Waals surface area contributed by atoms with Gasteiger partial charge in [-0.05, 0) is 19.1 Å². The first kappa shape index (κ1) is 17.7. The molecule has 9 heteroatoms. The lowest BCUT2D eigenvalue weighted by molar-refractivity contribution is -0.141. The average molecular weight is 357 g/mol. The number of likely N-dealkylation sites (tertiary alicyclic amines) is 2. The van der Waals surface area contributed by atoms with Crippen LogP contribution < -0.4 is 0 Å². The van der Waals surface area contributed by atoms with Crippen molar-refractivity contribution in [3.63, 3.8) is 0 Å². The molecule has 2 fully saturated rings. The molecule has 136 valence electrons. The predicted molar refractivity (Wildman–Crippen MR) is 80.7 cm³/mol. The Hall–Kier alpha value is -2.16. The average Bonchev–Trinajstić information content (AvgIpc) is 3.06. The lowest BCUT2D eigenvalue weighted by Gasteiger charge is -2.22. The number of ether oxygens (including phenoxy) is 1. The van der Waals surface area contributed by atoms with Gasteiger partial charge >= 0.3 is 6.18 Å². The lowest BCUT2D eigenvalue weighted by atomic mass is 10.0. The highest BCUT2D eigenvalue weighted by atomic mass is 19.4. The molecule has 1 aromatic heterocycles. The maximum Gasteiger partial charge on any atom is 0.433 e. The van der Waals surface area contributed by atoms with Gasteiger partial charge in [0.2, 0.25) is 0 Å². The van der Waals surface area contributed by atoms with Crippen LogP contribution in [-0.4, -0.2) is 66.0 Å². The molecule has 3 rings (SSSR count). The zero-order chi connectivity index (χ0) is 18.5. The fourth-order valence-electron chi connectivity index (χ4n) is 3.62. The Morgan fingerprint density at radius 3 is 2.56 bits per heavy atom. The maximum atomic E-state index is 12.7. The van der Waals surface area contributed by atoms with Gasteiger partial charge in [-0.3, -0.25) is 9.59 Å². The fourth-order valence-corrected chi connectivity index (χ4v) is 3.62. The number of carbonyl (C=O) groups excluding carboxylic acids is 2. The zero-order valence-corrected chi connectivity index (χ0v) is 14.0. The first-order valence-corrected chi connectivity index (χ1v) is 7.78. The second kappa shape index (κ2) is 5.98. The molecule has 0 bridgehead atoms. The number of fused-ring (bicyclic) bond motifs is 1. The molecule has 2 amide bonds. The summed E-state index contributed by atoms with van der Waals surface area (Å²) in [5.74, 6) is -0.644. The number of rotatable bonds is 2. The van der Waals surface area contributed by atoms with Gasteiger partial charge in [0.05, 0.1) is 17.3 Å². The van der Waals surface area contributed by atoms with Crippen LogP contribution in [0.5, 0.6) is 0 Å². The van der Waals surface area contributed by atoms with Crippen LogP contribution in [0.3, 0.4) is 0 Å². The van der Waals surface area contributed by atoms with Crippen molar-refractivity contribution in [2.45, 2.75) is 25.2 Å². The van der Waals surface area contributed by atoms with Crippen molar-refractivity contribution in [3.8, 4) is 0 Å². The predicted octanol–water partition coefficient (Wildman–Crippen LogP) is 1.34. The van der Waals surface area contributed by atoms with Crippen molar-refractivity contribution in [1.29, 1.82) is 0 Å². The van der Waals surface area contributed by atoms with Gasteiger partial charge in [0.1, 0.15) is 11.8 Å². The third-order valence-electron chi connectivity index (χ3n) is 4.96. The van der Waals surface area contributed by atoms with E-state index in [0.717, 1.165) is 12.1 Å². The smallest absolute Gasteiger partial charge is 0.371 e. The van der Waals surface area contributed by atoms with Crippen molar-refractivity contribution in [2.75, 3.05) is 27.2 Å². The number of pyridine rings is 1. The highest BCUT2D eigenvalue weighted by Crippen LogP contribution is 2.34. The molecule has 1 aromatic rings. The number of carbonyl (C=O) groups is 2. The number of alkyl halides is 3. The number of amides is 2. The lowest BCUT2D eigenvalue weighted by Crippen LogP contribution is -2.39. The van der Waals surface area contributed by atoms with Crippen molar-refractivity contribution in [2.24, 2.45) is 5.92 Å². The molecule has 25 heavy (non-hydrogen) atoms. The van der Waals surface area contributed by atoms with Crippen molar-refractivity contribution in [1.82, 2.24) is 14.8 Å². The quantitative estimate of drug-likeness (QED) is 0.801. The van der Waals surface area contributed by atoms with Crippen LogP contribution in [-0.2, 0) is 15.7 Å². The molecule has 0 N–H and O–H groups in total. The molecule has 2 aliphatic heterocycles. The van der Waals surface area contributed by atoms with Crippen LogP contribution in [0, 0.1) is 12.8 Å². The minimum absolute atomic E-state index is 0.0320. The van der Waals surface area contributed by atoms with Gasteiger partial charge in [-0.2, -0.15) is 13.2 Å². The third-order valence-corrected chi connectivity index (χ3v) is 4.96. The third kappa shape index (κ3) is 2.86. The van der Waals surface area contributed by atoms with Gasteiger partial charge in [0.15, 0.2) is 0 Å². The van der Waals surface area contributed by atoms with E-state index in [9.17, 15) is 22.8 Å². The van der Waals surface area contributed by atoms with Crippen LogP contribution in [0.2, 0.25) is 0 Å². The van der Waals surface area contributed by atoms with E-state index in [-0.39, 0.29) is 35.0 Å². The SMILES string of the molecule is CO[C@@H]1C(=O)N(C)[C@@H]2CN(C(=O)c3ccc(C(F)(F)F)nc3C)C[C@H]12. The molecular formula is C16H18F3N3O3. The summed E-state index contributed by atoms with van der Waals surface area (Å²) < 4.78 is 43.4. The molecule has 3 heterocycles. The van der Waals surface area contributed by atoms with Crippen LogP contribution >= 0.6 is 0 Å². The molecule has 0 radical (unpaired) electrons. The number of hydrogen-bond acceptors (Lipinski definition) is 4. The molecule has 0 aromatic carbocycles. The number of likely N-dealkylation sites (N-methyl/N-ethyl adjacent to an activating group) is 1. The molecular weight excluding hydrogens is 339 g/mol. The van der Waals surface area contributed by atoms with Gasteiger partial charge in [-0.25, -0.2) is 4.98 Å². The maximum absolute atomic E-state index is 12.7. The summed E-state index contributed by atoms with van der Waals surface area (Å²) in [4.78, 5) is 31.4. The van der Waals surface area contributed by atoms with Gasteiger partial charge in [0, 0.05) is 33.2 Å². The summed E-state index contributed by atoms with van der Waals surface area (Å²) in [6, 6.07) is 1.82. The summed E-state index contributed by atoms with van der Waals surface area (Å²) in [6.45, 7) is 2.03. The summed E-state index contributed by atoms with van der Waals surface area (Å²) in [5.41, 5.74) is -0.856. The van der Waals surface area contributed by atoms with Crippen LogP contribution in [0.1, 0.15) is 21.7 Å². The van der Waals surface area contributed by atoms with E-state index in [0.29, 0.717) is 13.1 Å². The van der Waals surface area contributed by atoms with E-state index in [1.807, 2.05) is 0 Å². The normalized spacial score (nSPS) is 26.3. The highest BCUT2D eigenvalue weighted by molar-refractivity contribution is 5.96. The van der Waals surface area contributed by atoms with E-state index in [2.05, 4.69) is 4.98 Å². The Kier molecular flexibility index (Phi) is 4.22. The topological polar surface area (TPSA) is 62.7 Å². The van der Waals surface area contributed by atoms with E-state index in [1.165, 1.54) is 14.0 Å². The number of aromatic nitrogens is 1. The number of hydrogen-bond donors (Lipinski definition) is 0. The first-order valence-electron chi connectivity index (χ1n) is 7.78. The number of methoxy groups -OCH3 is 1. The molecule has 2 saturated heterocycles. The van der Waals surface area contributed by atoms with Crippen LogP contribution in [0.25, 0.3) is 0 Å². The van der Waals surface area contributed by atoms with Gasteiger partial charge in [0.25, 0.3) is 11.8 Å². The fraction of sp³-hybridized carbons (Fsp3) is 0.562. The molecule has 0 saturated carbocycles. The number of nitrogens with zero attached hydrogens (tertiary/aromatic N) is 3. The van der Waals surface area contributed by atoms with E-state index in [4.69, 9.17) is 4.74 Å². The largest absolute Gasteiger partial charge is 0.433 e. The molecule has 6 nitrogen and oxygen atoms in total. The van der Waals surface area contributed by atoms with E-state index >= 15 is 0 Å².